The highest BCUT2D eigenvalue weighted by Gasteiger charge is 2.68. The van der Waals surface area contributed by atoms with E-state index in [4.69, 9.17) is 0 Å². The number of fused-ring (bicyclic) bond motifs is 5. The third-order valence-corrected chi connectivity index (χ3v) is 11.9. The Morgan fingerprint density at radius 2 is 1.45 bits per heavy atom. The molecule has 0 spiro atoms. The van der Waals surface area contributed by atoms with Crippen LogP contribution in [0.3, 0.4) is 0 Å². The number of hydrogen-bond acceptors (Lipinski definition) is 1. The summed E-state index contributed by atoms with van der Waals surface area (Å²) >= 11 is 0. The van der Waals surface area contributed by atoms with E-state index >= 15 is 0 Å². The Labute approximate surface area is 193 Å². The number of rotatable bonds is 3. The van der Waals surface area contributed by atoms with E-state index < -0.39 is 0 Å². The molecule has 0 bridgehead atoms. The van der Waals surface area contributed by atoms with Crippen molar-refractivity contribution in [3.05, 3.63) is 23.3 Å². The summed E-state index contributed by atoms with van der Waals surface area (Å²) in [7, 11) is 0. The van der Waals surface area contributed by atoms with Crippen LogP contribution in [0.2, 0.25) is 0 Å². The summed E-state index contributed by atoms with van der Waals surface area (Å²) in [6.07, 6.45) is 16.4. The molecule has 1 nitrogen and oxygen atoms in total. The second-order valence-electron chi connectivity index (χ2n) is 13.7. The minimum absolute atomic E-state index is 0.0640. The van der Waals surface area contributed by atoms with Crippen LogP contribution in [0.25, 0.3) is 0 Å². The van der Waals surface area contributed by atoms with E-state index in [1.165, 1.54) is 50.5 Å². The van der Waals surface area contributed by atoms with Crippen molar-refractivity contribution in [2.75, 3.05) is 0 Å². The highest BCUT2D eigenvalue weighted by atomic mass is 16.3. The molecule has 4 aliphatic carbocycles. The molecule has 8 atom stereocenters. The molecule has 0 heterocycles. The highest BCUT2D eigenvalue weighted by molar-refractivity contribution is 5.21. The molecule has 0 aromatic heterocycles. The molecule has 176 valence electrons. The van der Waals surface area contributed by atoms with Gasteiger partial charge in [0.05, 0.1) is 6.10 Å². The fourth-order valence-corrected chi connectivity index (χ4v) is 9.91. The zero-order valence-electron chi connectivity index (χ0n) is 21.9. The van der Waals surface area contributed by atoms with Gasteiger partial charge in [0, 0.05) is 0 Å². The van der Waals surface area contributed by atoms with Crippen molar-refractivity contribution in [3.63, 3.8) is 0 Å². The van der Waals surface area contributed by atoms with Crippen molar-refractivity contribution in [1.82, 2.24) is 0 Å². The first-order valence-corrected chi connectivity index (χ1v) is 13.4. The standard InChI is InChI=1S/C30H50O/c1-20(2)10-9-11-21(3)22-14-18-29(7)23(22)12-13-25-28(6)17-16-26(31)27(4,5)24(28)15-19-30(25,29)8/h10-11,22-26,31H,9,12-19H2,1-8H3/b21-11-/t22-,23-,24-,25-,26-,28-,29-,30-/m0/s1. The van der Waals surface area contributed by atoms with Gasteiger partial charge in [-0.1, -0.05) is 57.9 Å². The van der Waals surface area contributed by atoms with E-state index in [0.717, 1.165) is 30.6 Å². The van der Waals surface area contributed by atoms with Gasteiger partial charge in [0.2, 0.25) is 0 Å². The van der Waals surface area contributed by atoms with Crippen LogP contribution in [0.1, 0.15) is 113 Å². The van der Waals surface area contributed by atoms with Gasteiger partial charge in [-0.3, -0.25) is 0 Å². The van der Waals surface area contributed by atoms with E-state index in [0.29, 0.717) is 22.2 Å². The topological polar surface area (TPSA) is 20.2 Å². The molecule has 0 radical (unpaired) electrons. The first-order valence-electron chi connectivity index (χ1n) is 13.4. The Morgan fingerprint density at radius 1 is 0.774 bits per heavy atom. The zero-order chi connectivity index (χ0) is 22.8. The van der Waals surface area contributed by atoms with Crippen molar-refractivity contribution in [1.29, 1.82) is 0 Å². The van der Waals surface area contributed by atoms with E-state index in [9.17, 15) is 5.11 Å². The molecular weight excluding hydrogens is 376 g/mol. The Bertz CT molecular complexity index is 754. The van der Waals surface area contributed by atoms with Gasteiger partial charge in [0.1, 0.15) is 0 Å². The van der Waals surface area contributed by atoms with Crippen LogP contribution in [0.15, 0.2) is 23.3 Å². The lowest BCUT2D eigenvalue weighted by molar-refractivity contribution is -0.220. The van der Waals surface area contributed by atoms with E-state index in [2.05, 4.69) is 67.5 Å². The number of hydrogen-bond donors (Lipinski definition) is 1. The van der Waals surface area contributed by atoms with Crippen molar-refractivity contribution in [2.24, 2.45) is 45.3 Å². The van der Waals surface area contributed by atoms with E-state index in [-0.39, 0.29) is 11.5 Å². The summed E-state index contributed by atoms with van der Waals surface area (Å²) < 4.78 is 0. The third-order valence-electron chi connectivity index (χ3n) is 11.9. The molecule has 0 amide bonds. The van der Waals surface area contributed by atoms with Crippen LogP contribution < -0.4 is 0 Å². The van der Waals surface area contributed by atoms with Crippen molar-refractivity contribution in [3.8, 4) is 0 Å². The van der Waals surface area contributed by atoms with Gasteiger partial charge in [-0.2, -0.15) is 0 Å². The summed E-state index contributed by atoms with van der Waals surface area (Å²) in [5.74, 6) is 3.15. The largest absolute Gasteiger partial charge is 0.393 e. The number of aliphatic hydroxyl groups excluding tert-OH is 1. The van der Waals surface area contributed by atoms with Gasteiger partial charge in [-0.25, -0.2) is 0 Å². The quantitative estimate of drug-likeness (QED) is 0.450. The van der Waals surface area contributed by atoms with Crippen molar-refractivity contribution in [2.45, 2.75) is 119 Å². The molecule has 4 saturated carbocycles. The fraction of sp³-hybridized carbons (Fsp3) is 0.867. The lowest BCUT2D eigenvalue weighted by Crippen LogP contribution is -2.63. The van der Waals surface area contributed by atoms with E-state index in [1.807, 2.05) is 0 Å². The molecule has 0 unspecified atom stereocenters. The second-order valence-corrected chi connectivity index (χ2v) is 13.7. The van der Waals surface area contributed by atoms with Crippen LogP contribution in [0.4, 0.5) is 0 Å². The van der Waals surface area contributed by atoms with Crippen molar-refractivity contribution >= 4 is 0 Å². The fourth-order valence-electron chi connectivity index (χ4n) is 9.91. The molecule has 0 aromatic rings. The predicted molar refractivity (Wildman–Crippen MR) is 133 cm³/mol. The van der Waals surface area contributed by atoms with E-state index in [1.54, 1.807) is 5.57 Å². The number of aliphatic hydroxyl groups is 1. The Morgan fingerprint density at radius 3 is 2.13 bits per heavy atom. The summed E-state index contributed by atoms with van der Waals surface area (Å²) in [6, 6.07) is 0. The first-order chi connectivity index (χ1) is 14.4. The second kappa shape index (κ2) is 7.75. The maximum Gasteiger partial charge on any atom is 0.0594 e. The first kappa shape index (κ1) is 23.6. The Balaban J connectivity index is 1.63. The summed E-state index contributed by atoms with van der Waals surface area (Å²) in [4.78, 5) is 0. The molecule has 0 aliphatic heterocycles. The smallest absolute Gasteiger partial charge is 0.0594 e. The normalized spacial score (nSPS) is 49.1. The zero-order valence-corrected chi connectivity index (χ0v) is 21.9. The van der Waals surface area contributed by atoms with Gasteiger partial charge in [-0.05, 0) is 124 Å². The van der Waals surface area contributed by atoms with Crippen molar-refractivity contribution < 1.29 is 5.11 Å². The van der Waals surface area contributed by atoms with Gasteiger partial charge in [0.15, 0.2) is 0 Å². The lowest BCUT2D eigenvalue weighted by Gasteiger charge is -2.69. The van der Waals surface area contributed by atoms with Gasteiger partial charge < -0.3 is 5.11 Å². The molecule has 4 rings (SSSR count). The maximum absolute atomic E-state index is 10.8. The van der Waals surface area contributed by atoms with Gasteiger partial charge in [0.25, 0.3) is 0 Å². The minimum Gasteiger partial charge on any atom is -0.393 e. The molecule has 4 aliphatic rings. The molecule has 0 saturated heterocycles. The monoisotopic (exact) mass is 426 g/mol. The SMILES string of the molecule is CC(C)=CC/C=C(/C)[C@@H]1CC[C@@]2(C)[C@H]1CC[C@H]1[C@@]3(C)CC[C@H](O)C(C)(C)[C@@H]3CC[C@@]12C. The Kier molecular flexibility index (Phi) is 5.90. The highest BCUT2D eigenvalue weighted by Crippen LogP contribution is 2.75. The average Bonchev–Trinajstić information content (AvgIpc) is 3.03. The molecule has 4 fully saturated rings. The molecular formula is C30H50O. The molecule has 1 N–H and O–H groups in total. The van der Waals surface area contributed by atoms with Crippen LogP contribution in [-0.4, -0.2) is 11.2 Å². The summed E-state index contributed by atoms with van der Waals surface area (Å²) in [6.45, 7) is 19.6. The molecule has 0 aromatic carbocycles. The maximum atomic E-state index is 10.8. The predicted octanol–water partition coefficient (Wildman–Crippen LogP) is 8.34. The van der Waals surface area contributed by atoms with Gasteiger partial charge >= 0.3 is 0 Å². The van der Waals surface area contributed by atoms with Gasteiger partial charge in [-0.15, -0.1) is 0 Å². The molecule has 31 heavy (non-hydrogen) atoms. The lowest BCUT2D eigenvalue weighted by atomic mass is 9.35. The average molecular weight is 427 g/mol. The molecule has 1 heteroatoms. The van der Waals surface area contributed by atoms with Crippen LogP contribution >= 0.6 is 0 Å². The minimum atomic E-state index is -0.119. The Hall–Kier alpha value is -0.560. The third kappa shape index (κ3) is 3.34. The van der Waals surface area contributed by atoms with Crippen LogP contribution in [-0.2, 0) is 0 Å². The van der Waals surface area contributed by atoms with Crippen LogP contribution in [0, 0.1) is 45.3 Å². The van der Waals surface area contributed by atoms with Crippen LogP contribution in [0.5, 0.6) is 0 Å². The summed E-state index contributed by atoms with van der Waals surface area (Å²) in [5.41, 5.74) is 4.48. The summed E-state index contributed by atoms with van der Waals surface area (Å²) in [5, 5.41) is 10.8. The number of allylic oxidation sites excluding steroid dienone is 4.